The lowest BCUT2D eigenvalue weighted by Gasteiger charge is -2.25. The molecule has 91 heavy (non-hydrogen) atoms. The van der Waals surface area contributed by atoms with Gasteiger partial charge in [0.2, 0.25) is 0 Å². The van der Waals surface area contributed by atoms with E-state index in [0.717, 1.165) is 70.6 Å². The molecule has 0 aliphatic heterocycles. The number of rotatable bonds is 73. The first-order valence-corrected chi connectivity index (χ1v) is 39.1. The predicted octanol–water partition coefficient (Wildman–Crippen LogP) is 24.8. The van der Waals surface area contributed by atoms with E-state index in [4.69, 9.17) is 18.9 Å². The molecule has 2 unspecified atom stereocenters. The summed E-state index contributed by atoms with van der Waals surface area (Å²) < 4.78 is 23.1. The number of carbonyl (C=O) groups is 3. The fraction of sp³-hybridized carbons (Fsp3) is 0.817. The molecule has 0 aliphatic carbocycles. The second-order valence-electron chi connectivity index (χ2n) is 27.6. The van der Waals surface area contributed by atoms with Crippen molar-refractivity contribution in [3.63, 3.8) is 0 Å². The molecule has 0 aliphatic rings. The zero-order valence-electron chi connectivity index (χ0n) is 60.8. The number of unbranched alkanes of at least 4 members (excludes halogenated alkanes) is 46. The third kappa shape index (κ3) is 74.0. The van der Waals surface area contributed by atoms with Gasteiger partial charge in [0, 0.05) is 12.8 Å². The highest BCUT2D eigenvalue weighted by Gasteiger charge is 2.25. The van der Waals surface area contributed by atoms with Crippen molar-refractivity contribution in [2.45, 2.75) is 386 Å². The summed E-state index contributed by atoms with van der Waals surface area (Å²) in [4.78, 5) is 37.7. The molecule has 0 rings (SSSR count). The Kier molecular flexibility index (Phi) is 69.9. The lowest BCUT2D eigenvalue weighted by Crippen LogP contribution is -2.40. The number of aliphatic carboxylic acids is 1. The Labute approximate surface area is 564 Å². The molecule has 0 saturated carbocycles. The normalized spacial score (nSPS) is 13.0. The van der Waals surface area contributed by atoms with Crippen molar-refractivity contribution >= 4 is 17.9 Å². The third-order valence-corrected chi connectivity index (χ3v) is 17.4. The number of carboxylic acid groups (broad SMARTS) is 1. The van der Waals surface area contributed by atoms with E-state index in [-0.39, 0.29) is 38.2 Å². The van der Waals surface area contributed by atoms with Crippen molar-refractivity contribution < 1.29 is 42.9 Å². The molecule has 0 spiro atoms. The minimum absolute atomic E-state index is 0.178. The molecule has 0 aromatic rings. The van der Waals surface area contributed by atoms with Crippen molar-refractivity contribution in [2.24, 2.45) is 0 Å². The smallest absolute Gasteiger partial charge is 0.361 e. The SMILES string of the molecule is CC/C=C\C/C=C\C/C=C\C/C=C\CCCCCCCCCCCCCCCCCCCCCCCCC(=O)OC(COC(=O)CCCCCCCCCCCCCCCCCCCCC/C=C\C/C=C\CCCCCCC)COC(OCC[N+](C)(C)C)C(=O)O. The van der Waals surface area contributed by atoms with Gasteiger partial charge in [-0.15, -0.1) is 0 Å². The lowest BCUT2D eigenvalue weighted by molar-refractivity contribution is -0.870. The van der Waals surface area contributed by atoms with Gasteiger partial charge in [-0.1, -0.05) is 350 Å². The van der Waals surface area contributed by atoms with E-state index in [0.29, 0.717) is 17.4 Å². The van der Waals surface area contributed by atoms with Crippen LogP contribution in [-0.4, -0.2) is 87.4 Å². The van der Waals surface area contributed by atoms with Crippen LogP contribution in [0.3, 0.4) is 0 Å². The Morgan fingerprint density at radius 1 is 0.341 bits per heavy atom. The minimum Gasteiger partial charge on any atom is -0.477 e. The highest BCUT2D eigenvalue weighted by Crippen LogP contribution is 2.19. The Balaban J connectivity index is 4.00. The summed E-state index contributed by atoms with van der Waals surface area (Å²) in [6.07, 6.45) is 94.8. The number of esters is 2. The van der Waals surface area contributed by atoms with Crippen LogP contribution in [0.15, 0.2) is 72.9 Å². The van der Waals surface area contributed by atoms with Gasteiger partial charge in [-0.3, -0.25) is 9.59 Å². The molecule has 0 aromatic carbocycles. The molecule has 0 amide bonds. The van der Waals surface area contributed by atoms with Gasteiger partial charge in [-0.25, -0.2) is 4.79 Å². The van der Waals surface area contributed by atoms with E-state index in [1.807, 2.05) is 21.1 Å². The van der Waals surface area contributed by atoms with E-state index < -0.39 is 18.4 Å². The topological polar surface area (TPSA) is 108 Å². The Morgan fingerprint density at radius 2 is 0.626 bits per heavy atom. The molecule has 9 nitrogen and oxygen atoms in total. The number of likely N-dealkylation sites (N-methyl/N-ethyl adjacent to an activating group) is 1. The third-order valence-electron chi connectivity index (χ3n) is 17.4. The van der Waals surface area contributed by atoms with E-state index >= 15 is 0 Å². The Hall–Kier alpha value is -3.27. The quantitative estimate of drug-likeness (QED) is 0.0211. The molecular weight excluding hydrogens is 1130 g/mol. The molecule has 0 bridgehead atoms. The van der Waals surface area contributed by atoms with Crippen LogP contribution in [0.5, 0.6) is 0 Å². The van der Waals surface area contributed by atoms with Gasteiger partial charge < -0.3 is 28.5 Å². The van der Waals surface area contributed by atoms with Crippen LogP contribution >= 0.6 is 0 Å². The number of allylic oxidation sites excluding steroid dienone is 12. The van der Waals surface area contributed by atoms with Gasteiger partial charge in [-0.2, -0.15) is 0 Å². The summed E-state index contributed by atoms with van der Waals surface area (Å²) in [5, 5.41) is 9.77. The summed E-state index contributed by atoms with van der Waals surface area (Å²) in [5.41, 5.74) is 0. The van der Waals surface area contributed by atoms with Crippen LogP contribution in [0.4, 0.5) is 0 Å². The Bertz CT molecular complexity index is 1730. The van der Waals surface area contributed by atoms with Crippen molar-refractivity contribution in [1.82, 2.24) is 0 Å². The molecule has 0 radical (unpaired) electrons. The van der Waals surface area contributed by atoms with Gasteiger partial charge in [0.15, 0.2) is 6.10 Å². The maximum Gasteiger partial charge on any atom is 0.361 e. The zero-order chi connectivity index (χ0) is 66.1. The van der Waals surface area contributed by atoms with Crippen molar-refractivity contribution in [2.75, 3.05) is 47.5 Å². The lowest BCUT2D eigenvalue weighted by atomic mass is 10.0. The van der Waals surface area contributed by atoms with Crippen LogP contribution in [0.2, 0.25) is 0 Å². The average Bonchev–Trinajstić information content (AvgIpc) is 3.46. The van der Waals surface area contributed by atoms with Gasteiger partial charge in [0.1, 0.15) is 13.2 Å². The first kappa shape index (κ1) is 87.7. The molecule has 9 heteroatoms. The number of quaternary nitrogens is 1. The zero-order valence-corrected chi connectivity index (χ0v) is 60.8. The monoisotopic (exact) mass is 1280 g/mol. The van der Waals surface area contributed by atoms with E-state index in [1.165, 1.54) is 276 Å². The second kappa shape index (κ2) is 72.6. The van der Waals surface area contributed by atoms with E-state index in [2.05, 4.69) is 86.8 Å². The summed E-state index contributed by atoms with van der Waals surface area (Å²) >= 11 is 0. The van der Waals surface area contributed by atoms with Crippen LogP contribution in [0.1, 0.15) is 373 Å². The number of hydrogen-bond donors (Lipinski definition) is 1. The number of carboxylic acids is 1. The molecule has 1 N–H and O–H groups in total. The highest BCUT2D eigenvalue weighted by atomic mass is 16.7. The molecule has 530 valence electrons. The number of carbonyl (C=O) groups excluding carboxylic acids is 2. The standard InChI is InChI=1S/C82H149NO8/c1-6-8-10-12-14-16-18-20-22-24-26-28-30-32-34-36-38-39-40-41-43-45-47-49-51-53-55-57-59-61-63-65-67-69-71-73-80(85)91-78(77-90-82(81(86)87)88-75-74-83(3,4)5)76-89-79(84)72-70-68-66-64-62-60-58-56-54-52-50-48-46-44-42-37-35-33-31-29-27-25-23-21-19-17-15-13-11-9-7-2/h8,10,14,16,19-22,25-28,78,82H,6-7,9,11-13,15,17-18,23-24,29-77H2,1-5H3/p+1/b10-8-,16-14-,21-19-,22-20-,27-25-,28-26-. The minimum atomic E-state index is -1.51. The number of ether oxygens (including phenoxy) is 4. The van der Waals surface area contributed by atoms with Gasteiger partial charge in [0.25, 0.3) is 6.29 Å². The predicted molar refractivity (Wildman–Crippen MR) is 392 cm³/mol. The van der Waals surface area contributed by atoms with Crippen molar-refractivity contribution in [3.8, 4) is 0 Å². The van der Waals surface area contributed by atoms with Gasteiger partial charge >= 0.3 is 17.9 Å². The van der Waals surface area contributed by atoms with E-state index in [1.54, 1.807) is 0 Å². The summed E-state index contributed by atoms with van der Waals surface area (Å²) in [6, 6.07) is 0. The fourth-order valence-electron chi connectivity index (χ4n) is 11.5. The molecule has 0 saturated heterocycles. The molecular formula is C82H150NO8+. The summed E-state index contributed by atoms with van der Waals surface area (Å²) in [5.74, 6) is -1.98. The molecule has 0 aromatic heterocycles. The number of nitrogens with zero attached hydrogens (tertiary/aromatic N) is 1. The van der Waals surface area contributed by atoms with Crippen LogP contribution < -0.4 is 0 Å². The number of hydrogen-bond acceptors (Lipinski definition) is 7. The summed E-state index contributed by atoms with van der Waals surface area (Å²) in [6.45, 7) is 4.82. The largest absolute Gasteiger partial charge is 0.477 e. The average molecular weight is 1280 g/mol. The first-order chi connectivity index (χ1) is 44.6. The van der Waals surface area contributed by atoms with Crippen LogP contribution in [0.25, 0.3) is 0 Å². The molecule has 2 atom stereocenters. The molecule has 0 heterocycles. The fourth-order valence-corrected chi connectivity index (χ4v) is 11.5. The van der Waals surface area contributed by atoms with Crippen molar-refractivity contribution in [3.05, 3.63) is 72.9 Å². The summed E-state index contributed by atoms with van der Waals surface area (Å²) in [7, 11) is 5.99. The Morgan fingerprint density at radius 3 is 0.934 bits per heavy atom. The first-order valence-electron chi connectivity index (χ1n) is 39.1. The maximum atomic E-state index is 13.0. The maximum absolute atomic E-state index is 13.0. The van der Waals surface area contributed by atoms with E-state index in [9.17, 15) is 19.5 Å². The second-order valence-corrected chi connectivity index (χ2v) is 27.6. The van der Waals surface area contributed by atoms with Crippen molar-refractivity contribution in [1.29, 1.82) is 0 Å². The van der Waals surface area contributed by atoms with Crippen LogP contribution in [-0.2, 0) is 33.3 Å². The highest BCUT2D eigenvalue weighted by molar-refractivity contribution is 5.71. The van der Waals surface area contributed by atoms with Crippen LogP contribution in [0, 0.1) is 0 Å². The van der Waals surface area contributed by atoms with Gasteiger partial charge in [-0.05, 0) is 83.5 Å². The van der Waals surface area contributed by atoms with Gasteiger partial charge in [0.05, 0.1) is 34.4 Å². The molecule has 0 fully saturated rings.